The molecule has 1 fully saturated rings. The van der Waals surface area contributed by atoms with Gasteiger partial charge in [0.2, 0.25) is 23.6 Å². The summed E-state index contributed by atoms with van der Waals surface area (Å²) >= 11 is 0. The predicted octanol–water partition coefficient (Wildman–Crippen LogP) is 1.32. The molecule has 0 bridgehead atoms. The van der Waals surface area contributed by atoms with Crippen molar-refractivity contribution in [1.29, 1.82) is 0 Å². The zero-order valence-corrected chi connectivity index (χ0v) is 22.8. The Morgan fingerprint density at radius 3 is 2.28 bits per heavy atom. The molecule has 2 rings (SSSR count). The van der Waals surface area contributed by atoms with E-state index >= 15 is 0 Å². The van der Waals surface area contributed by atoms with Crippen molar-refractivity contribution in [2.75, 3.05) is 26.7 Å². The molecule has 3 N–H and O–H groups in total. The Balaban J connectivity index is 2.26. The SMILES string of the molecule is CN[C@@H](C)C(=O)N[C@H](C(=O)N1C[C@@H](NC(C)=O)C[C@H]1CN(CCc1ccccc1)C(C)=O)C(C)(C)C. The highest BCUT2D eigenvalue weighted by atomic mass is 16.2. The second-order valence-corrected chi connectivity index (χ2v) is 10.8. The summed E-state index contributed by atoms with van der Waals surface area (Å²) in [7, 11) is 1.69. The Morgan fingerprint density at radius 1 is 1.11 bits per heavy atom. The fourth-order valence-electron chi connectivity index (χ4n) is 4.51. The van der Waals surface area contributed by atoms with Crippen LogP contribution in [0.5, 0.6) is 0 Å². The molecule has 1 aromatic carbocycles. The molecule has 1 aliphatic rings. The molecule has 0 radical (unpaired) electrons. The Bertz CT molecular complexity index is 914. The van der Waals surface area contributed by atoms with Crippen molar-refractivity contribution >= 4 is 23.6 Å². The first kappa shape index (κ1) is 29.3. The highest BCUT2D eigenvalue weighted by molar-refractivity contribution is 5.90. The second kappa shape index (κ2) is 12.9. The molecule has 9 nitrogen and oxygen atoms in total. The first-order valence-electron chi connectivity index (χ1n) is 12.7. The minimum Gasteiger partial charge on any atom is -0.352 e. The number of carbonyl (C=O) groups excluding carboxylic acids is 4. The lowest BCUT2D eigenvalue weighted by atomic mass is 9.85. The molecule has 0 spiro atoms. The van der Waals surface area contributed by atoms with E-state index in [0.717, 1.165) is 5.56 Å². The summed E-state index contributed by atoms with van der Waals surface area (Å²) < 4.78 is 0. The van der Waals surface area contributed by atoms with Gasteiger partial charge in [-0.3, -0.25) is 19.2 Å². The minimum atomic E-state index is -0.755. The molecule has 1 saturated heterocycles. The van der Waals surface area contributed by atoms with Crippen LogP contribution in [0.4, 0.5) is 0 Å². The molecule has 36 heavy (non-hydrogen) atoms. The Labute approximate surface area is 215 Å². The van der Waals surface area contributed by atoms with E-state index in [4.69, 9.17) is 0 Å². The molecule has 0 aromatic heterocycles. The molecule has 1 aromatic rings. The van der Waals surface area contributed by atoms with Crippen molar-refractivity contribution < 1.29 is 19.2 Å². The van der Waals surface area contributed by atoms with Gasteiger partial charge < -0.3 is 25.8 Å². The average molecular weight is 502 g/mol. The van der Waals surface area contributed by atoms with Crippen molar-refractivity contribution in [3.8, 4) is 0 Å². The van der Waals surface area contributed by atoms with Crippen molar-refractivity contribution in [2.45, 2.75) is 78.6 Å². The van der Waals surface area contributed by atoms with Crippen LogP contribution in [0.1, 0.15) is 53.5 Å². The lowest BCUT2D eigenvalue weighted by Crippen LogP contribution is -2.59. The highest BCUT2D eigenvalue weighted by Gasteiger charge is 2.43. The summed E-state index contributed by atoms with van der Waals surface area (Å²) in [5.74, 6) is -0.689. The number of hydrogen-bond acceptors (Lipinski definition) is 5. The van der Waals surface area contributed by atoms with Crippen LogP contribution < -0.4 is 16.0 Å². The number of rotatable bonds is 10. The van der Waals surface area contributed by atoms with Gasteiger partial charge in [0.1, 0.15) is 6.04 Å². The molecule has 9 heteroatoms. The van der Waals surface area contributed by atoms with Crippen molar-refractivity contribution in [3.05, 3.63) is 35.9 Å². The van der Waals surface area contributed by atoms with Crippen molar-refractivity contribution in [2.24, 2.45) is 5.41 Å². The van der Waals surface area contributed by atoms with Gasteiger partial charge in [-0.2, -0.15) is 0 Å². The number of nitrogens with one attached hydrogen (secondary N) is 3. The van der Waals surface area contributed by atoms with Crippen LogP contribution in [0.25, 0.3) is 0 Å². The van der Waals surface area contributed by atoms with Gasteiger partial charge in [-0.15, -0.1) is 0 Å². The first-order chi connectivity index (χ1) is 16.8. The van der Waals surface area contributed by atoms with Crippen molar-refractivity contribution in [1.82, 2.24) is 25.8 Å². The number of benzene rings is 1. The summed E-state index contributed by atoms with van der Waals surface area (Å²) in [6.45, 7) is 11.7. The summed E-state index contributed by atoms with van der Waals surface area (Å²) in [5, 5.41) is 8.76. The van der Waals surface area contributed by atoms with Gasteiger partial charge in [-0.1, -0.05) is 51.1 Å². The number of carbonyl (C=O) groups is 4. The Hall–Kier alpha value is -2.94. The normalized spacial score (nSPS) is 19.4. The predicted molar refractivity (Wildman–Crippen MR) is 140 cm³/mol. The lowest BCUT2D eigenvalue weighted by molar-refractivity contribution is -0.142. The van der Waals surface area contributed by atoms with Gasteiger partial charge in [0.05, 0.1) is 12.1 Å². The van der Waals surface area contributed by atoms with Crippen LogP contribution >= 0.6 is 0 Å². The average Bonchev–Trinajstić information content (AvgIpc) is 3.20. The van der Waals surface area contributed by atoms with Gasteiger partial charge in [0.25, 0.3) is 0 Å². The van der Waals surface area contributed by atoms with Crippen LogP contribution in [-0.2, 0) is 25.6 Å². The number of likely N-dealkylation sites (N-methyl/N-ethyl adjacent to an activating group) is 1. The molecular formula is C27H43N5O4. The van der Waals surface area contributed by atoms with Gasteiger partial charge in [0.15, 0.2) is 0 Å². The van der Waals surface area contributed by atoms with Crippen LogP contribution in [0, 0.1) is 5.41 Å². The van der Waals surface area contributed by atoms with Crippen molar-refractivity contribution in [3.63, 3.8) is 0 Å². The molecule has 4 atom stereocenters. The van der Waals surface area contributed by atoms with Gasteiger partial charge in [-0.05, 0) is 37.8 Å². The second-order valence-electron chi connectivity index (χ2n) is 10.8. The molecule has 0 unspecified atom stereocenters. The maximum Gasteiger partial charge on any atom is 0.246 e. The topological polar surface area (TPSA) is 111 Å². The smallest absolute Gasteiger partial charge is 0.246 e. The van der Waals surface area contributed by atoms with Crippen LogP contribution in [0.2, 0.25) is 0 Å². The molecule has 1 heterocycles. The van der Waals surface area contributed by atoms with Gasteiger partial charge >= 0.3 is 0 Å². The minimum absolute atomic E-state index is 0.0650. The third-order valence-corrected chi connectivity index (χ3v) is 6.72. The number of hydrogen-bond donors (Lipinski definition) is 3. The standard InChI is InChI=1S/C27H43N5O4/c1-18(28-7)25(35)30-24(27(4,5)6)26(36)32-16-22(29-19(2)33)15-23(32)17-31(20(3)34)14-13-21-11-9-8-10-12-21/h8-12,18,22-24,28H,13-17H2,1-7H3,(H,29,33)(H,30,35)/t18-,22-,23-,24+/m0/s1. The summed E-state index contributed by atoms with van der Waals surface area (Å²) in [6.07, 6.45) is 1.25. The van der Waals surface area contributed by atoms with Gasteiger partial charge in [-0.25, -0.2) is 0 Å². The largest absolute Gasteiger partial charge is 0.352 e. The summed E-state index contributed by atoms with van der Waals surface area (Å²) in [6, 6.07) is 8.25. The fraction of sp³-hybridized carbons (Fsp3) is 0.630. The van der Waals surface area contributed by atoms with Crippen LogP contribution in [0.15, 0.2) is 30.3 Å². The van der Waals surface area contributed by atoms with Crippen LogP contribution in [-0.4, -0.2) is 84.3 Å². The van der Waals surface area contributed by atoms with E-state index in [1.165, 1.54) is 13.8 Å². The Kier molecular flexibility index (Phi) is 10.5. The van der Waals surface area contributed by atoms with E-state index in [-0.39, 0.29) is 35.7 Å². The molecule has 4 amide bonds. The van der Waals surface area contributed by atoms with Gasteiger partial charge in [0, 0.05) is 39.5 Å². The van der Waals surface area contributed by atoms with E-state index in [0.29, 0.717) is 32.5 Å². The van der Waals surface area contributed by atoms with E-state index in [9.17, 15) is 19.2 Å². The maximum absolute atomic E-state index is 13.9. The third kappa shape index (κ3) is 8.33. The monoisotopic (exact) mass is 501 g/mol. The number of nitrogens with zero attached hydrogens (tertiary/aromatic N) is 2. The molecule has 0 aliphatic carbocycles. The summed E-state index contributed by atoms with van der Waals surface area (Å²) in [4.78, 5) is 54.4. The third-order valence-electron chi connectivity index (χ3n) is 6.72. The number of amides is 4. The fourth-order valence-corrected chi connectivity index (χ4v) is 4.51. The zero-order chi connectivity index (χ0) is 27.0. The summed E-state index contributed by atoms with van der Waals surface area (Å²) in [5.41, 5.74) is 0.595. The van der Waals surface area contributed by atoms with E-state index < -0.39 is 17.5 Å². The molecule has 0 saturated carbocycles. The quantitative estimate of drug-likeness (QED) is 0.448. The lowest BCUT2D eigenvalue weighted by Gasteiger charge is -2.37. The molecular weight excluding hydrogens is 458 g/mol. The van der Waals surface area contributed by atoms with E-state index in [1.54, 1.807) is 23.8 Å². The van der Waals surface area contributed by atoms with E-state index in [1.807, 2.05) is 51.1 Å². The maximum atomic E-state index is 13.9. The van der Waals surface area contributed by atoms with E-state index in [2.05, 4.69) is 16.0 Å². The first-order valence-corrected chi connectivity index (χ1v) is 12.7. The Morgan fingerprint density at radius 2 is 1.75 bits per heavy atom. The number of likely N-dealkylation sites (tertiary alicyclic amines) is 1. The zero-order valence-electron chi connectivity index (χ0n) is 22.8. The van der Waals surface area contributed by atoms with Crippen LogP contribution in [0.3, 0.4) is 0 Å². The highest BCUT2D eigenvalue weighted by Crippen LogP contribution is 2.27. The molecule has 1 aliphatic heterocycles. The molecule has 200 valence electrons.